The van der Waals surface area contributed by atoms with Crippen LogP contribution in [0, 0.1) is 0 Å². The summed E-state index contributed by atoms with van der Waals surface area (Å²) >= 11 is 1.89. The number of thiophene rings is 1. The molecule has 2 aromatic rings. The second-order valence-corrected chi connectivity index (χ2v) is 6.37. The third-order valence-electron chi connectivity index (χ3n) is 4.10. The SMILES string of the molecule is CCn1cc(CC(N)C2CCCc3sccc32)cn1. The molecular weight excluding hydrogens is 254 g/mol. The van der Waals surface area contributed by atoms with Crippen LogP contribution in [0.4, 0.5) is 0 Å². The molecule has 19 heavy (non-hydrogen) atoms. The molecule has 0 radical (unpaired) electrons. The highest BCUT2D eigenvalue weighted by molar-refractivity contribution is 7.10. The molecule has 3 nitrogen and oxygen atoms in total. The zero-order valence-corrected chi connectivity index (χ0v) is 12.2. The number of hydrogen-bond donors (Lipinski definition) is 1. The van der Waals surface area contributed by atoms with Gasteiger partial charge >= 0.3 is 0 Å². The van der Waals surface area contributed by atoms with Crippen LogP contribution in [0.5, 0.6) is 0 Å². The summed E-state index contributed by atoms with van der Waals surface area (Å²) in [7, 11) is 0. The summed E-state index contributed by atoms with van der Waals surface area (Å²) in [6.07, 6.45) is 8.76. The van der Waals surface area contributed by atoms with Crippen molar-refractivity contribution >= 4 is 11.3 Å². The summed E-state index contributed by atoms with van der Waals surface area (Å²) in [6, 6.07) is 2.49. The van der Waals surface area contributed by atoms with E-state index in [1.54, 1.807) is 4.88 Å². The molecule has 102 valence electrons. The highest BCUT2D eigenvalue weighted by Gasteiger charge is 2.26. The summed E-state index contributed by atoms with van der Waals surface area (Å²) in [5.41, 5.74) is 9.24. The quantitative estimate of drug-likeness (QED) is 0.932. The zero-order chi connectivity index (χ0) is 13.2. The van der Waals surface area contributed by atoms with Crippen LogP contribution in [0.3, 0.4) is 0 Å². The van der Waals surface area contributed by atoms with Crippen LogP contribution in [0.2, 0.25) is 0 Å². The van der Waals surface area contributed by atoms with Crippen molar-refractivity contribution in [2.45, 2.75) is 51.1 Å². The molecule has 0 aliphatic heterocycles. The predicted molar refractivity (Wildman–Crippen MR) is 79.6 cm³/mol. The minimum atomic E-state index is 0.211. The van der Waals surface area contributed by atoms with Crippen molar-refractivity contribution in [1.29, 1.82) is 0 Å². The van der Waals surface area contributed by atoms with Crippen molar-refractivity contribution in [1.82, 2.24) is 9.78 Å². The number of fused-ring (bicyclic) bond motifs is 1. The molecule has 2 unspecified atom stereocenters. The molecule has 0 saturated heterocycles. The molecule has 0 fully saturated rings. The Bertz CT molecular complexity index is 543. The molecule has 1 aliphatic carbocycles. The first kappa shape index (κ1) is 12.9. The van der Waals surface area contributed by atoms with Gasteiger partial charge in [-0.3, -0.25) is 4.68 Å². The van der Waals surface area contributed by atoms with Gasteiger partial charge in [-0.1, -0.05) is 0 Å². The highest BCUT2D eigenvalue weighted by Crippen LogP contribution is 2.37. The van der Waals surface area contributed by atoms with E-state index in [9.17, 15) is 0 Å². The maximum atomic E-state index is 6.47. The molecule has 0 spiro atoms. The van der Waals surface area contributed by atoms with Crippen molar-refractivity contribution in [2.75, 3.05) is 0 Å². The van der Waals surface area contributed by atoms with Crippen molar-refractivity contribution in [2.24, 2.45) is 5.73 Å². The van der Waals surface area contributed by atoms with Gasteiger partial charge in [-0.05, 0) is 55.2 Å². The Balaban J connectivity index is 1.73. The van der Waals surface area contributed by atoms with Gasteiger partial charge in [0.25, 0.3) is 0 Å². The summed E-state index contributed by atoms with van der Waals surface area (Å²) in [4.78, 5) is 1.55. The number of rotatable bonds is 4. The van der Waals surface area contributed by atoms with E-state index in [4.69, 9.17) is 5.73 Å². The van der Waals surface area contributed by atoms with Crippen LogP contribution in [0.25, 0.3) is 0 Å². The van der Waals surface area contributed by atoms with Gasteiger partial charge in [-0.2, -0.15) is 5.10 Å². The Morgan fingerprint density at radius 3 is 3.26 bits per heavy atom. The molecule has 0 amide bonds. The largest absolute Gasteiger partial charge is 0.327 e. The van der Waals surface area contributed by atoms with E-state index < -0.39 is 0 Å². The number of aromatic nitrogens is 2. The summed E-state index contributed by atoms with van der Waals surface area (Å²) in [5.74, 6) is 0.528. The summed E-state index contributed by atoms with van der Waals surface area (Å²) in [5, 5.41) is 6.54. The lowest BCUT2D eigenvalue weighted by Gasteiger charge is -2.27. The smallest absolute Gasteiger partial charge is 0.0522 e. The van der Waals surface area contributed by atoms with Crippen molar-refractivity contribution in [3.63, 3.8) is 0 Å². The van der Waals surface area contributed by atoms with Gasteiger partial charge in [0, 0.05) is 29.6 Å². The molecule has 4 heteroatoms. The highest BCUT2D eigenvalue weighted by atomic mass is 32.1. The fraction of sp³-hybridized carbons (Fsp3) is 0.533. The van der Waals surface area contributed by atoms with Crippen LogP contribution in [0.1, 0.15) is 41.7 Å². The number of aryl methyl sites for hydroxylation is 2. The molecule has 0 bridgehead atoms. The fourth-order valence-electron chi connectivity index (χ4n) is 3.07. The number of nitrogens with zero attached hydrogens (tertiary/aromatic N) is 2. The zero-order valence-electron chi connectivity index (χ0n) is 11.4. The number of hydrogen-bond acceptors (Lipinski definition) is 3. The van der Waals surface area contributed by atoms with Crippen LogP contribution < -0.4 is 5.73 Å². The lowest BCUT2D eigenvalue weighted by Crippen LogP contribution is -2.32. The van der Waals surface area contributed by atoms with Crippen LogP contribution in [-0.2, 0) is 19.4 Å². The van der Waals surface area contributed by atoms with Gasteiger partial charge in [0.05, 0.1) is 6.20 Å². The first-order valence-electron chi connectivity index (χ1n) is 7.11. The fourth-order valence-corrected chi connectivity index (χ4v) is 4.06. The van der Waals surface area contributed by atoms with Gasteiger partial charge in [-0.15, -0.1) is 11.3 Å². The Morgan fingerprint density at radius 2 is 2.47 bits per heavy atom. The van der Waals surface area contributed by atoms with E-state index in [-0.39, 0.29) is 6.04 Å². The van der Waals surface area contributed by atoms with Crippen molar-refractivity contribution in [3.05, 3.63) is 39.8 Å². The van der Waals surface area contributed by atoms with Crippen LogP contribution in [0.15, 0.2) is 23.8 Å². The monoisotopic (exact) mass is 275 g/mol. The molecule has 0 saturated carbocycles. The standard InChI is InChI=1S/C15H21N3S/c1-2-18-10-11(9-17-18)8-14(16)12-4-3-5-15-13(12)6-7-19-15/h6-7,9-10,12,14H,2-5,8,16H2,1H3. The van der Waals surface area contributed by atoms with Gasteiger partial charge in [0.1, 0.15) is 0 Å². The molecule has 0 aromatic carbocycles. The van der Waals surface area contributed by atoms with E-state index in [2.05, 4.69) is 29.7 Å². The van der Waals surface area contributed by atoms with Gasteiger partial charge < -0.3 is 5.73 Å². The van der Waals surface area contributed by atoms with E-state index in [1.165, 1.54) is 30.4 Å². The van der Waals surface area contributed by atoms with Gasteiger partial charge in [-0.25, -0.2) is 0 Å². The molecule has 2 aromatic heterocycles. The topological polar surface area (TPSA) is 43.8 Å². The summed E-state index contributed by atoms with van der Waals surface area (Å²) < 4.78 is 1.97. The maximum Gasteiger partial charge on any atom is 0.0522 e. The molecule has 2 heterocycles. The number of nitrogens with two attached hydrogens (primary N) is 1. The van der Waals surface area contributed by atoms with Crippen LogP contribution >= 0.6 is 11.3 Å². The van der Waals surface area contributed by atoms with Gasteiger partial charge in [0.2, 0.25) is 0 Å². The predicted octanol–water partition coefficient (Wildman–Crippen LogP) is 2.95. The van der Waals surface area contributed by atoms with E-state index in [0.29, 0.717) is 5.92 Å². The minimum Gasteiger partial charge on any atom is -0.327 e. The second-order valence-electron chi connectivity index (χ2n) is 5.37. The van der Waals surface area contributed by atoms with E-state index in [0.717, 1.165) is 13.0 Å². The third-order valence-corrected chi connectivity index (χ3v) is 5.09. The van der Waals surface area contributed by atoms with Crippen LogP contribution in [-0.4, -0.2) is 15.8 Å². The second kappa shape index (κ2) is 5.47. The first-order valence-corrected chi connectivity index (χ1v) is 7.99. The van der Waals surface area contributed by atoms with E-state index >= 15 is 0 Å². The first-order chi connectivity index (χ1) is 9.28. The molecule has 3 rings (SSSR count). The normalized spacial score (nSPS) is 20.2. The Hall–Kier alpha value is -1.13. The minimum absolute atomic E-state index is 0.211. The Kier molecular flexibility index (Phi) is 3.71. The average molecular weight is 275 g/mol. The van der Waals surface area contributed by atoms with E-state index in [1.807, 2.05) is 22.2 Å². The lowest BCUT2D eigenvalue weighted by atomic mass is 9.81. The average Bonchev–Trinajstić information content (AvgIpc) is 3.05. The molecule has 1 aliphatic rings. The van der Waals surface area contributed by atoms with Crippen molar-refractivity contribution in [3.8, 4) is 0 Å². The molecular formula is C15H21N3S. The van der Waals surface area contributed by atoms with Gasteiger partial charge in [0.15, 0.2) is 0 Å². The van der Waals surface area contributed by atoms with Crippen molar-refractivity contribution < 1.29 is 0 Å². The molecule has 2 atom stereocenters. The Morgan fingerprint density at radius 1 is 1.58 bits per heavy atom. The third kappa shape index (κ3) is 2.60. The Labute approximate surface area is 118 Å². The summed E-state index contributed by atoms with van der Waals surface area (Å²) in [6.45, 7) is 3.03. The maximum absolute atomic E-state index is 6.47. The lowest BCUT2D eigenvalue weighted by molar-refractivity contribution is 0.463. The molecule has 2 N–H and O–H groups in total.